The molecule has 1 aromatic carbocycles. The van der Waals surface area contributed by atoms with Gasteiger partial charge in [-0.25, -0.2) is 0 Å². The molecule has 0 spiro atoms. The van der Waals surface area contributed by atoms with Gasteiger partial charge in [0, 0.05) is 0 Å². The van der Waals surface area contributed by atoms with Crippen LogP contribution in [0.3, 0.4) is 0 Å². The van der Waals surface area contributed by atoms with Crippen LogP contribution >= 0.6 is 0 Å². The molecule has 0 aliphatic rings. The Hall–Kier alpha value is -0.980. The van der Waals surface area contributed by atoms with Crippen molar-refractivity contribution >= 4 is 0 Å². The summed E-state index contributed by atoms with van der Waals surface area (Å²) in [6.45, 7) is 9.15. The van der Waals surface area contributed by atoms with Gasteiger partial charge in [-0.05, 0) is 41.9 Å². The van der Waals surface area contributed by atoms with Gasteiger partial charge in [0.25, 0.3) is 0 Å². The van der Waals surface area contributed by atoms with Crippen LogP contribution in [0.15, 0.2) is 24.3 Å². The van der Waals surface area contributed by atoms with Crippen molar-refractivity contribution in [2.45, 2.75) is 52.9 Å². The Labute approximate surface area is 99.5 Å². The molecular formula is C15H24O. The third-order valence-corrected chi connectivity index (χ3v) is 3.61. The quantitative estimate of drug-likeness (QED) is 0.761. The SMILES string of the molecule is CCC(CC(C)(C)CC)c1ccc(O)cc1. The largest absolute Gasteiger partial charge is 0.508 e. The fourth-order valence-corrected chi connectivity index (χ4v) is 2.06. The lowest BCUT2D eigenvalue weighted by atomic mass is 9.77. The highest BCUT2D eigenvalue weighted by Crippen LogP contribution is 2.36. The molecule has 1 nitrogen and oxygen atoms in total. The van der Waals surface area contributed by atoms with Crippen LogP contribution in [0.25, 0.3) is 0 Å². The first kappa shape index (κ1) is 13.1. The summed E-state index contributed by atoms with van der Waals surface area (Å²) in [6, 6.07) is 7.68. The van der Waals surface area contributed by atoms with E-state index in [-0.39, 0.29) is 0 Å². The van der Waals surface area contributed by atoms with Gasteiger partial charge in [-0.15, -0.1) is 0 Å². The van der Waals surface area contributed by atoms with Gasteiger partial charge >= 0.3 is 0 Å². The highest BCUT2D eigenvalue weighted by atomic mass is 16.3. The van der Waals surface area contributed by atoms with Crippen LogP contribution in [-0.2, 0) is 0 Å². The predicted octanol–water partition coefficient (Wildman–Crippen LogP) is 4.71. The number of rotatable bonds is 5. The molecule has 0 saturated heterocycles. The Kier molecular flexibility index (Phi) is 4.40. The highest BCUT2D eigenvalue weighted by Gasteiger charge is 2.21. The molecule has 90 valence electrons. The van der Waals surface area contributed by atoms with Crippen LogP contribution in [0.1, 0.15) is 58.4 Å². The standard InChI is InChI=1S/C15H24O/c1-5-12(11-15(3,4)6-2)13-7-9-14(16)10-8-13/h7-10,12,16H,5-6,11H2,1-4H3. The molecule has 1 heteroatoms. The zero-order valence-corrected chi connectivity index (χ0v) is 11.0. The van der Waals surface area contributed by atoms with Gasteiger partial charge in [0.05, 0.1) is 0 Å². The van der Waals surface area contributed by atoms with Gasteiger partial charge in [0.1, 0.15) is 5.75 Å². The molecule has 1 atom stereocenters. The summed E-state index contributed by atoms with van der Waals surface area (Å²) in [7, 11) is 0. The van der Waals surface area contributed by atoms with Crippen molar-refractivity contribution in [1.29, 1.82) is 0 Å². The molecular weight excluding hydrogens is 196 g/mol. The number of hydrogen-bond acceptors (Lipinski definition) is 1. The van der Waals surface area contributed by atoms with Crippen molar-refractivity contribution in [3.8, 4) is 5.75 Å². The molecule has 1 unspecified atom stereocenters. The lowest BCUT2D eigenvalue weighted by molar-refractivity contribution is 0.289. The topological polar surface area (TPSA) is 20.2 Å². The molecule has 0 bridgehead atoms. The Morgan fingerprint density at radius 3 is 2.12 bits per heavy atom. The molecule has 0 radical (unpaired) electrons. The van der Waals surface area contributed by atoms with E-state index in [4.69, 9.17) is 0 Å². The third kappa shape index (κ3) is 3.55. The van der Waals surface area contributed by atoms with Crippen molar-refractivity contribution in [2.75, 3.05) is 0 Å². The maximum atomic E-state index is 9.29. The van der Waals surface area contributed by atoms with E-state index < -0.39 is 0 Å². The van der Waals surface area contributed by atoms with Crippen LogP contribution in [0.2, 0.25) is 0 Å². The third-order valence-electron chi connectivity index (χ3n) is 3.61. The molecule has 0 fully saturated rings. The molecule has 0 aliphatic heterocycles. The summed E-state index contributed by atoms with van der Waals surface area (Å²) in [4.78, 5) is 0. The zero-order chi connectivity index (χ0) is 12.2. The Balaban J connectivity index is 2.78. The molecule has 16 heavy (non-hydrogen) atoms. The minimum Gasteiger partial charge on any atom is -0.508 e. The molecule has 0 saturated carbocycles. The molecule has 1 N–H and O–H groups in total. The van der Waals surface area contributed by atoms with E-state index >= 15 is 0 Å². The number of aromatic hydroxyl groups is 1. The molecule has 1 rings (SSSR count). The number of phenols is 1. The van der Waals surface area contributed by atoms with E-state index in [9.17, 15) is 5.11 Å². The summed E-state index contributed by atoms with van der Waals surface area (Å²) < 4.78 is 0. The number of phenolic OH excluding ortho intramolecular Hbond substituents is 1. The monoisotopic (exact) mass is 220 g/mol. The van der Waals surface area contributed by atoms with Gasteiger partial charge in [-0.1, -0.05) is 46.2 Å². The van der Waals surface area contributed by atoms with Crippen molar-refractivity contribution in [3.05, 3.63) is 29.8 Å². The van der Waals surface area contributed by atoms with Crippen LogP contribution < -0.4 is 0 Å². The van der Waals surface area contributed by atoms with E-state index in [2.05, 4.69) is 39.8 Å². The van der Waals surface area contributed by atoms with Crippen LogP contribution in [0, 0.1) is 5.41 Å². The minimum absolute atomic E-state index is 0.355. The molecule has 0 aliphatic carbocycles. The summed E-state index contributed by atoms with van der Waals surface area (Å²) in [5.74, 6) is 0.962. The lowest BCUT2D eigenvalue weighted by Crippen LogP contribution is -2.14. The van der Waals surface area contributed by atoms with Gasteiger partial charge in [-0.2, -0.15) is 0 Å². The second kappa shape index (κ2) is 5.38. The first-order valence-electron chi connectivity index (χ1n) is 6.27. The van der Waals surface area contributed by atoms with Crippen molar-refractivity contribution in [1.82, 2.24) is 0 Å². The summed E-state index contributed by atoms with van der Waals surface area (Å²) >= 11 is 0. The Morgan fingerprint density at radius 1 is 1.12 bits per heavy atom. The molecule has 0 aromatic heterocycles. The van der Waals surface area contributed by atoms with E-state index in [1.165, 1.54) is 18.4 Å². The van der Waals surface area contributed by atoms with Crippen molar-refractivity contribution < 1.29 is 5.11 Å². The molecule has 0 heterocycles. The number of benzene rings is 1. The second-order valence-electron chi connectivity index (χ2n) is 5.42. The van der Waals surface area contributed by atoms with Gasteiger partial charge in [0.2, 0.25) is 0 Å². The van der Waals surface area contributed by atoms with E-state index in [1.807, 2.05) is 0 Å². The molecule has 0 amide bonds. The van der Waals surface area contributed by atoms with Gasteiger partial charge in [-0.3, -0.25) is 0 Å². The van der Waals surface area contributed by atoms with E-state index in [0.29, 0.717) is 17.1 Å². The summed E-state index contributed by atoms with van der Waals surface area (Å²) in [6.07, 6.45) is 3.58. The first-order valence-corrected chi connectivity index (χ1v) is 6.27. The normalized spacial score (nSPS) is 13.8. The van der Waals surface area contributed by atoms with Crippen LogP contribution in [0.5, 0.6) is 5.75 Å². The van der Waals surface area contributed by atoms with Gasteiger partial charge < -0.3 is 5.11 Å². The first-order chi connectivity index (χ1) is 7.48. The Bertz CT molecular complexity index is 311. The zero-order valence-electron chi connectivity index (χ0n) is 11.0. The fraction of sp³-hybridized carbons (Fsp3) is 0.600. The van der Waals surface area contributed by atoms with Crippen molar-refractivity contribution in [3.63, 3.8) is 0 Å². The van der Waals surface area contributed by atoms with E-state index in [1.54, 1.807) is 12.1 Å². The average molecular weight is 220 g/mol. The van der Waals surface area contributed by atoms with E-state index in [0.717, 1.165) is 6.42 Å². The number of hydrogen-bond donors (Lipinski definition) is 1. The lowest BCUT2D eigenvalue weighted by Gasteiger charge is -2.28. The minimum atomic E-state index is 0.355. The smallest absolute Gasteiger partial charge is 0.115 e. The van der Waals surface area contributed by atoms with Gasteiger partial charge in [0.15, 0.2) is 0 Å². The highest BCUT2D eigenvalue weighted by molar-refractivity contribution is 5.28. The molecule has 1 aromatic rings. The average Bonchev–Trinajstić information content (AvgIpc) is 2.27. The predicted molar refractivity (Wildman–Crippen MR) is 69.8 cm³/mol. The van der Waals surface area contributed by atoms with Crippen LogP contribution in [-0.4, -0.2) is 5.11 Å². The Morgan fingerprint density at radius 2 is 1.69 bits per heavy atom. The fourth-order valence-electron chi connectivity index (χ4n) is 2.06. The summed E-state index contributed by atoms with van der Waals surface area (Å²) in [5, 5.41) is 9.29. The second-order valence-corrected chi connectivity index (χ2v) is 5.42. The maximum absolute atomic E-state index is 9.29. The van der Waals surface area contributed by atoms with Crippen molar-refractivity contribution in [2.24, 2.45) is 5.41 Å². The summed E-state index contributed by atoms with van der Waals surface area (Å²) in [5.41, 5.74) is 1.75. The van der Waals surface area contributed by atoms with Crippen LogP contribution in [0.4, 0.5) is 0 Å². The maximum Gasteiger partial charge on any atom is 0.115 e.